The minimum absolute atomic E-state index is 0.0652. The van der Waals surface area contributed by atoms with Crippen LogP contribution in [0.5, 0.6) is 0 Å². The van der Waals surface area contributed by atoms with E-state index in [1.54, 1.807) is 0 Å². The van der Waals surface area contributed by atoms with E-state index in [2.05, 4.69) is 0 Å². The molecule has 0 radical (unpaired) electrons. The maximum absolute atomic E-state index is 12.1. The molecule has 78 valence electrons. The predicted molar refractivity (Wildman–Crippen MR) is 45.5 cm³/mol. The Balaban J connectivity index is 2.49. The van der Waals surface area contributed by atoms with Gasteiger partial charge in [-0.05, 0) is 32.2 Å². The SMILES string of the molecule is C[C@H]1CCCN(CC(F)(F)F)[C@H]1C. The molecule has 1 aliphatic rings. The average Bonchev–Trinajstić information content (AvgIpc) is 1.96. The van der Waals surface area contributed by atoms with Crippen LogP contribution in [0.3, 0.4) is 0 Å². The molecule has 4 heteroatoms. The third kappa shape index (κ3) is 3.18. The van der Waals surface area contributed by atoms with Gasteiger partial charge in [0, 0.05) is 6.04 Å². The van der Waals surface area contributed by atoms with Gasteiger partial charge < -0.3 is 0 Å². The molecule has 0 aromatic carbocycles. The minimum atomic E-state index is -4.05. The van der Waals surface area contributed by atoms with E-state index in [4.69, 9.17) is 0 Å². The van der Waals surface area contributed by atoms with Crippen molar-refractivity contribution in [2.24, 2.45) is 5.92 Å². The highest BCUT2D eigenvalue weighted by Crippen LogP contribution is 2.26. The number of piperidine rings is 1. The van der Waals surface area contributed by atoms with Crippen LogP contribution in [0.2, 0.25) is 0 Å². The first-order valence-corrected chi connectivity index (χ1v) is 4.71. The molecule has 13 heavy (non-hydrogen) atoms. The lowest BCUT2D eigenvalue weighted by Gasteiger charge is -2.38. The van der Waals surface area contributed by atoms with Crippen LogP contribution in [0.4, 0.5) is 13.2 Å². The number of nitrogens with zero attached hydrogens (tertiary/aromatic N) is 1. The molecule has 0 aliphatic carbocycles. The summed E-state index contributed by atoms with van der Waals surface area (Å²) >= 11 is 0. The lowest BCUT2D eigenvalue weighted by atomic mass is 9.92. The fourth-order valence-corrected chi connectivity index (χ4v) is 1.87. The molecule has 0 aromatic rings. The van der Waals surface area contributed by atoms with Crippen LogP contribution in [0.1, 0.15) is 26.7 Å². The van der Waals surface area contributed by atoms with Crippen LogP contribution >= 0.6 is 0 Å². The summed E-state index contributed by atoms with van der Waals surface area (Å²) in [4.78, 5) is 1.54. The van der Waals surface area contributed by atoms with Crippen LogP contribution in [-0.2, 0) is 0 Å². The van der Waals surface area contributed by atoms with Gasteiger partial charge in [-0.2, -0.15) is 13.2 Å². The van der Waals surface area contributed by atoms with Gasteiger partial charge in [-0.25, -0.2) is 0 Å². The van der Waals surface area contributed by atoms with E-state index in [-0.39, 0.29) is 6.04 Å². The Morgan fingerprint density at radius 2 is 1.92 bits per heavy atom. The van der Waals surface area contributed by atoms with Gasteiger partial charge in [-0.15, -0.1) is 0 Å². The van der Waals surface area contributed by atoms with Crippen molar-refractivity contribution >= 4 is 0 Å². The highest BCUT2D eigenvalue weighted by Gasteiger charge is 2.35. The van der Waals surface area contributed by atoms with Gasteiger partial charge in [0.05, 0.1) is 6.54 Å². The van der Waals surface area contributed by atoms with Crippen molar-refractivity contribution < 1.29 is 13.2 Å². The molecule has 1 saturated heterocycles. The van der Waals surface area contributed by atoms with Crippen LogP contribution in [0.15, 0.2) is 0 Å². The molecule has 0 unspecified atom stereocenters. The predicted octanol–water partition coefficient (Wildman–Crippen LogP) is 2.67. The molecule has 0 bridgehead atoms. The summed E-state index contributed by atoms with van der Waals surface area (Å²) in [5.74, 6) is 0.385. The van der Waals surface area contributed by atoms with Gasteiger partial charge in [0.1, 0.15) is 0 Å². The van der Waals surface area contributed by atoms with E-state index in [0.717, 1.165) is 12.8 Å². The standard InChI is InChI=1S/C9H16F3N/c1-7-4-3-5-13(8(7)2)6-9(10,11)12/h7-8H,3-6H2,1-2H3/t7-,8-/m0/s1. The normalized spacial score (nSPS) is 32.1. The molecule has 1 heterocycles. The summed E-state index contributed by atoms with van der Waals surface area (Å²) < 4.78 is 36.3. The lowest BCUT2D eigenvalue weighted by molar-refractivity contribution is -0.155. The summed E-state index contributed by atoms with van der Waals surface area (Å²) in [6, 6.07) is 0.0652. The van der Waals surface area contributed by atoms with Gasteiger partial charge >= 0.3 is 6.18 Å². The third-order valence-corrected chi connectivity index (χ3v) is 2.89. The van der Waals surface area contributed by atoms with Gasteiger partial charge in [0.15, 0.2) is 0 Å². The van der Waals surface area contributed by atoms with Crippen molar-refractivity contribution in [3.63, 3.8) is 0 Å². The van der Waals surface area contributed by atoms with Gasteiger partial charge in [-0.3, -0.25) is 4.90 Å². The fourth-order valence-electron chi connectivity index (χ4n) is 1.87. The van der Waals surface area contributed by atoms with Crippen molar-refractivity contribution in [3.05, 3.63) is 0 Å². The number of hydrogen-bond donors (Lipinski definition) is 0. The summed E-state index contributed by atoms with van der Waals surface area (Å²) in [5.41, 5.74) is 0. The topological polar surface area (TPSA) is 3.24 Å². The minimum Gasteiger partial charge on any atom is -0.292 e. The van der Waals surface area contributed by atoms with Crippen LogP contribution < -0.4 is 0 Å². The smallest absolute Gasteiger partial charge is 0.292 e. The Morgan fingerprint density at radius 1 is 1.31 bits per heavy atom. The molecule has 0 amide bonds. The third-order valence-electron chi connectivity index (χ3n) is 2.89. The molecule has 2 atom stereocenters. The largest absolute Gasteiger partial charge is 0.401 e. The summed E-state index contributed by atoms with van der Waals surface area (Å²) in [7, 11) is 0. The van der Waals surface area contributed by atoms with Gasteiger partial charge in [0.2, 0.25) is 0 Å². The van der Waals surface area contributed by atoms with E-state index in [1.807, 2.05) is 13.8 Å². The van der Waals surface area contributed by atoms with Crippen LogP contribution in [-0.4, -0.2) is 30.2 Å². The highest BCUT2D eigenvalue weighted by atomic mass is 19.4. The molecule has 1 aliphatic heterocycles. The number of alkyl halides is 3. The lowest BCUT2D eigenvalue weighted by Crippen LogP contribution is -2.46. The van der Waals surface area contributed by atoms with Crippen molar-refractivity contribution in [2.45, 2.75) is 38.9 Å². The number of rotatable bonds is 1. The summed E-state index contributed by atoms with van der Waals surface area (Å²) in [5, 5.41) is 0. The Kier molecular flexibility index (Phi) is 3.22. The first-order chi connectivity index (χ1) is 5.90. The highest BCUT2D eigenvalue weighted by molar-refractivity contribution is 4.79. The maximum atomic E-state index is 12.1. The van der Waals surface area contributed by atoms with Gasteiger partial charge in [0.25, 0.3) is 0 Å². The average molecular weight is 195 g/mol. The number of hydrogen-bond acceptors (Lipinski definition) is 1. The van der Waals surface area contributed by atoms with E-state index in [1.165, 1.54) is 4.90 Å². The quantitative estimate of drug-likeness (QED) is 0.621. The van der Waals surface area contributed by atoms with E-state index >= 15 is 0 Å². The van der Waals surface area contributed by atoms with Gasteiger partial charge in [-0.1, -0.05) is 6.92 Å². The molecule has 0 N–H and O–H groups in total. The van der Waals surface area contributed by atoms with E-state index in [9.17, 15) is 13.2 Å². The van der Waals surface area contributed by atoms with Crippen molar-refractivity contribution in [1.82, 2.24) is 4.90 Å². The maximum Gasteiger partial charge on any atom is 0.401 e. The second-order valence-electron chi connectivity index (χ2n) is 3.95. The second kappa shape index (κ2) is 3.86. The monoisotopic (exact) mass is 195 g/mol. The second-order valence-corrected chi connectivity index (χ2v) is 3.95. The zero-order valence-electron chi connectivity index (χ0n) is 8.06. The first-order valence-electron chi connectivity index (χ1n) is 4.71. The molecule has 1 fully saturated rings. The number of likely N-dealkylation sites (tertiary alicyclic amines) is 1. The zero-order chi connectivity index (χ0) is 10.1. The van der Waals surface area contributed by atoms with Crippen molar-refractivity contribution in [2.75, 3.05) is 13.1 Å². The summed E-state index contributed by atoms with van der Waals surface area (Å²) in [6.07, 6.45) is -2.11. The molecule has 0 saturated carbocycles. The van der Waals surface area contributed by atoms with Crippen LogP contribution in [0.25, 0.3) is 0 Å². The summed E-state index contributed by atoms with van der Waals surface area (Å²) in [6.45, 7) is 3.74. The molecule has 0 spiro atoms. The molecular formula is C9H16F3N. The molecular weight excluding hydrogens is 179 g/mol. The number of halogens is 3. The fraction of sp³-hybridized carbons (Fsp3) is 1.00. The Labute approximate surface area is 76.9 Å². The molecule has 1 nitrogen and oxygen atoms in total. The van der Waals surface area contributed by atoms with Crippen molar-refractivity contribution in [1.29, 1.82) is 0 Å². The van der Waals surface area contributed by atoms with E-state index in [0.29, 0.717) is 12.5 Å². The zero-order valence-corrected chi connectivity index (χ0v) is 8.06. The van der Waals surface area contributed by atoms with E-state index < -0.39 is 12.7 Å². The first kappa shape index (κ1) is 10.8. The van der Waals surface area contributed by atoms with Crippen molar-refractivity contribution in [3.8, 4) is 0 Å². The Hall–Kier alpha value is -0.250. The Bertz CT molecular complexity index is 167. The van der Waals surface area contributed by atoms with Crippen LogP contribution in [0, 0.1) is 5.92 Å². The molecule has 1 rings (SSSR count). The Morgan fingerprint density at radius 3 is 2.46 bits per heavy atom. The molecule has 0 aromatic heterocycles.